The van der Waals surface area contributed by atoms with Gasteiger partial charge in [0.05, 0.1) is 6.54 Å². The number of halogens is 1. The SMILES string of the molecule is CNC(CCN(C)Cc1ccc(C)o1)c1cccc(Cl)c1. The van der Waals surface area contributed by atoms with Gasteiger partial charge < -0.3 is 9.73 Å². The average molecular weight is 307 g/mol. The van der Waals surface area contributed by atoms with E-state index < -0.39 is 0 Å². The van der Waals surface area contributed by atoms with E-state index in [2.05, 4.69) is 23.3 Å². The van der Waals surface area contributed by atoms with Crippen molar-refractivity contribution in [3.8, 4) is 0 Å². The van der Waals surface area contributed by atoms with Gasteiger partial charge in [0.2, 0.25) is 0 Å². The molecule has 3 nitrogen and oxygen atoms in total. The summed E-state index contributed by atoms with van der Waals surface area (Å²) in [5.74, 6) is 1.98. The highest BCUT2D eigenvalue weighted by Crippen LogP contribution is 2.20. The molecule has 4 heteroatoms. The second kappa shape index (κ2) is 7.64. The molecule has 2 rings (SSSR count). The van der Waals surface area contributed by atoms with Gasteiger partial charge in [-0.3, -0.25) is 4.90 Å². The molecule has 2 aromatic rings. The Kier molecular flexibility index (Phi) is 5.85. The summed E-state index contributed by atoms with van der Waals surface area (Å²) in [6.45, 7) is 3.79. The van der Waals surface area contributed by atoms with Gasteiger partial charge in [-0.1, -0.05) is 23.7 Å². The maximum Gasteiger partial charge on any atom is 0.118 e. The molecule has 1 unspecified atom stereocenters. The van der Waals surface area contributed by atoms with Crippen molar-refractivity contribution in [3.05, 3.63) is 58.5 Å². The molecule has 0 aliphatic rings. The lowest BCUT2D eigenvalue weighted by molar-refractivity contribution is 0.276. The number of furan rings is 1. The van der Waals surface area contributed by atoms with Gasteiger partial charge in [0.15, 0.2) is 0 Å². The monoisotopic (exact) mass is 306 g/mol. The molecule has 114 valence electrons. The Labute approximate surface area is 131 Å². The zero-order valence-corrected chi connectivity index (χ0v) is 13.7. The third kappa shape index (κ3) is 4.88. The van der Waals surface area contributed by atoms with Gasteiger partial charge in [0.1, 0.15) is 11.5 Å². The van der Waals surface area contributed by atoms with Gasteiger partial charge in [-0.2, -0.15) is 0 Å². The van der Waals surface area contributed by atoms with Crippen molar-refractivity contribution in [2.24, 2.45) is 0 Å². The molecule has 0 aliphatic carbocycles. The maximum absolute atomic E-state index is 6.07. The predicted molar refractivity (Wildman–Crippen MR) is 87.6 cm³/mol. The van der Waals surface area contributed by atoms with Gasteiger partial charge in [-0.15, -0.1) is 0 Å². The molecule has 21 heavy (non-hydrogen) atoms. The highest BCUT2D eigenvalue weighted by atomic mass is 35.5. The number of nitrogens with one attached hydrogen (secondary N) is 1. The number of hydrogen-bond acceptors (Lipinski definition) is 3. The Hall–Kier alpha value is -1.29. The molecule has 1 aromatic carbocycles. The quantitative estimate of drug-likeness (QED) is 0.837. The lowest BCUT2D eigenvalue weighted by Gasteiger charge is -2.21. The Morgan fingerprint density at radius 2 is 2.10 bits per heavy atom. The molecule has 0 saturated heterocycles. The van der Waals surface area contributed by atoms with E-state index in [1.165, 1.54) is 5.56 Å². The van der Waals surface area contributed by atoms with E-state index >= 15 is 0 Å². The fourth-order valence-corrected chi connectivity index (χ4v) is 2.66. The molecule has 1 heterocycles. The first kappa shape index (κ1) is 16.1. The Morgan fingerprint density at radius 3 is 2.71 bits per heavy atom. The highest BCUT2D eigenvalue weighted by molar-refractivity contribution is 6.30. The topological polar surface area (TPSA) is 28.4 Å². The molecule has 1 atom stereocenters. The van der Waals surface area contributed by atoms with Crippen LogP contribution in [0, 0.1) is 6.92 Å². The third-order valence-electron chi connectivity index (χ3n) is 3.62. The maximum atomic E-state index is 6.07. The van der Waals surface area contributed by atoms with E-state index in [9.17, 15) is 0 Å². The number of rotatable bonds is 7. The van der Waals surface area contributed by atoms with Gasteiger partial charge >= 0.3 is 0 Å². The largest absolute Gasteiger partial charge is 0.465 e. The van der Waals surface area contributed by atoms with Crippen molar-refractivity contribution in [1.82, 2.24) is 10.2 Å². The molecule has 0 saturated carbocycles. The average Bonchev–Trinajstić information content (AvgIpc) is 2.85. The second-order valence-corrected chi connectivity index (χ2v) is 5.87. The first-order valence-electron chi connectivity index (χ1n) is 7.25. The van der Waals surface area contributed by atoms with Crippen molar-refractivity contribution >= 4 is 11.6 Å². The summed E-state index contributed by atoms with van der Waals surface area (Å²) >= 11 is 6.07. The zero-order chi connectivity index (χ0) is 15.2. The van der Waals surface area contributed by atoms with Crippen LogP contribution >= 0.6 is 11.6 Å². The summed E-state index contributed by atoms with van der Waals surface area (Å²) in [4.78, 5) is 2.27. The molecular formula is C17H23ClN2O. The summed E-state index contributed by atoms with van der Waals surface area (Å²) in [5.41, 5.74) is 1.23. The summed E-state index contributed by atoms with van der Waals surface area (Å²) in [5, 5.41) is 4.14. The van der Waals surface area contributed by atoms with Crippen LogP contribution in [0.1, 0.15) is 29.5 Å². The van der Waals surface area contributed by atoms with Crippen LogP contribution in [-0.2, 0) is 6.54 Å². The molecular weight excluding hydrogens is 284 g/mol. The third-order valence-corrected chi connectivity index (χ3v) is 3.86. The van der Waals surface area contributed by atoms with Crippen LogP contribution in [0.4, 0.5) is 0 Å². The van der Waals surface area contributed by atoms with E-state index in [1.807, 2.05) is 44.3 Å². The van der Waals surface area contributed by atoms with Crippen molar-refractivity contribution in [2.75, 3.05) is 20.6 Å². The first-order chi connectivity index (χ1) is 10.1. The lowest BCUT2D eigenvalue weighted by atomic mass is 10.0. The minimum absolute atomic E-state index is 0.310. The van der Waals surface area contributed by atoms with Crippen molar-refractivity contribution in [3.63, 3.8) is 0 Å². The molecule has 1 N–H and O–H groups in total. The Morgan fingerprint density at radius 1 is 1.29 bits per heavy atom. The summed E-state index contributed by atoms with van der Waals surface area (Å²) < 4.78 is 5.61. The molecule has 1 aromatic heterocycles. The summed E-state index contributed by atoms with van der Waals surface area (Å²) in [7, 11) is 4.10. The fourth-order valence-electron chi connectivity index (χ4n) is 2.47. The fraction of sp³-hybridized carbons (Fsp3) is 0.412. The zero-order valence-electron chi connectivity index (χ0n) is 12.9. The smallest absolute Gasteiger partial charge is 0.118 e. The van der Waals surface area contributed by atoms with Crippen LogP contribution in [0.3, 0.4) is 0 Å². The second-order valence-electron chi connectivity index (χ2n) is 5.44. The molecule has 0 radical (unpaired) electrons. The van der Waals surface area contributed by atoms with Gasteiger partial charge in [-0.05, 0) is 57.3 Å². The summed E-state index contributed by atoms with van der Waals surface area (Å²) in [6.07, 6.45) is 1.02. The molecule has 0 bridgehead atoms. The number of nitrogens with zero attached hydrogens (tertiary/aromatic N) is 1. The van der Waals surface area contributed by atoms with Gasteiger partial charge in [-0.25, -0.2) is 0 Å². The minimum Gasteiger partial charge on any atom is -0.465 e. The van der Waals surface area contributed by atoms with E-state index in [-0.39, 0.29) is 0 Å². The van der Waals surface area contributed by atoms with E-state index in [0.717, 1.165) is 36.1 Å². The van der Waals surface area contributed by atoms with Crippen LogP contribution in [0.25, 0.3) is 0 Å². The minimum atomic E-state index is 0.310. The van der Waals surface area contributed by atoms with Crippen LogP contribution in [0.2, 0.25) is 5.02 Å². The van der Waals surface area contributed by atoms with Crippen LogP contribution < -0.4 is 5.32 Å². The first-order valence-corrected chi connectivity index (χ1v) is 7.63. The molecule has 0 fully saturated rings. The molecule has 0 aliphatic heterocycles. The molecule has 0 spiro atoms. The predicted octanol–water partition coefficient (Wildman–Crippen LogP) is 4.02. The standard InChI is InChI=1S/C17H23ClN2O/c1-13-7-8-16(21-13)12-20(3)10-9-17(19-2)14-5-4-6-15(18)11-14/h4-8,11,17,19H,9-10,12H2,1-3H3. The van der Waals surface area contributed by atoms with Crippen LogP contribution in [-0.4, -0.2) is 25.5 Å². The number of benzene rings is 1. The number of hydrogen-bond donors (Lipinski definition) is 1. The lowest BCUT2D eigenvalue weighted by Crippen LogP contribution is -2.25. The highest BCUT2D eigenvalue weighted by Gasteiger charge is 2.11. The van der Waals surface area contributed by atoms with Crippen LogP contribution in [0.15, 0.2) is 40.8 Å². The van der Waals surface area contributed by atoms with E-state index in [1.54, 1.807) is 0 Å². The summed E-state index contributed by atoms with van der Waals surface area (Å²) in [6, 6.07) is 12.4. The van der Waals surface area contributed by atoms with Crippen molar-refractivity contribution in [1.29, 1.82) is 0 Å². The van der Waals surface area contributed by atoms with Gasteiger partial charge in [0.25, 0.3) is 0 Å². The van der Waals surface area contributed by atoms with E-state index in [4.69, 9.17) is 16.0 Å². The normalized spacial score (nSPS) is 12.8. The molecule has 0 amide bonds. The Bertz CT molecular complexity index is 567. The van der Waals surface area contributed by atoms with E-state index in [0.29, 0.717) is 6.04 Å². The number of aryl methyl sites for hydroxylation is 1. The van der Waals surface area contributed by atoms with Crippen molar-refractivity contribution in [2.45, 2.75) is 25.9 Å². The van der Waals surface area contributed by atoms with Gasteiger partial charge in [0, 0.05) is 17.6 Å². The van der Waals surface area contributed by atoms with Crippen LogP contribution in [0.5, 0.6) is 0 Å². The Balaban J connectivity index is 1.87. The van der Waals surface area contributed by atoms with Crippen molar-refractivity contribution < 1.29 is 4.42 Å².